The molecule has 3 aromatic rings. The standard InChI is InChI=1S/C22H23F2N3O3S2/c1-12-8-13(2)20(14(3)9-12)32(29,30)27-6-4-15(5-7-27)21(28)26-22-25-18-10-16(23)17(24)11-19(18)31-22/h8-11,15H,4-7H2,1-3H3,(H,25,26,28). The number of piperidine rings is 1. The van der Waals surface area contributed by atoms with Gasteiger partial charge in [0.25, 0.3) is 0 Å². The van der Waals surface area contributed by atoms with Gasteiger partial charge in [-0.15, -0.1) is 0 Å². The molecule has 1 saturated heterocycles. The molecule has 0 aliphatic carbocycles. The lowest BCUT2D eigenvalue weighted by molar-refractivity contribution is -0.120. The number of aryl methyl sites for hydroxylation is 3. The number of halogens is 2. The molecular formula is C22H23F2N3O3S2. The summed E-state index contributed by atoms with van der Waals surface area (Å²) in [4.78, 5) is 17.2. The highest BCUT2D eigenvalue weighted by Gasteiger charge is 2.34. The zero-order chi connectivity index (χ0) is 23.2. The van der Waals surface area contributed by atoms with E-state index in [0.717, 1.165) is 29.0 Å². The number of hydrogen-bond donors (Lipinski definition) is 1. The first-order chi connectivity index (χ1) is 15.1. The van der Waals surface area contributed by atoms with Gasteiger partial charge in [-0.05, 0) is 50.8 Å². The van der Waals surface area contributed by atoms with E-state index in [2.05, 4.69) is 10.3 Å². The van der Waals surface area contributed by atoms with Crippen molar-refractivity contribution >= 4 is 42.6 Å². The highest BCUT2D eigenvalue weighted by molar-refractivity contribution is 7.89. The lowest BCUT2D eigenvalue weighted by atomic mass is 9.97. The zero-order valence-corrected chi connectivity index (χ0v) is 19.5. The second-order valence-corrected chi connectivity index (χ2v) is 11.1. The first kappa shape index (κ1) is 22.8. The third kappa shape index (κ3) is 4.26. The fraction of sp³-hybridized carbons (Fsp3) is 0.364. The van der Waals surface area contributed by atoms with Gasteiger partial charge in [-0.2, -0.15) is 4.31 Å². The van der Waals surface area contributed by atoms with Gasteiger partial charge >= 0.3 is 0 Å². The van der Waals surface area contributed by atoms with Gasteiger partial charge in [-0.1, -0.05) is 29.0 Å². The van der Waals surface area contributed by atoms with Crippen molar-refractivity contribution < 1.29 is 22.0 Å². The number of nitrogens with one attached hydrogen (secondary N) is 1. The van der Waals surface area contributed by atoms with Gasteiger partial charge in [0, 0.05) is 25.1 Å². The number of carbonyl (C=O) groups is 1. The van der Waals surface area contributed by atoms with Crippen molar-refractivity contribution in [3.8, 4) is 0 Å². The summed E-state index contributed by atoms with van der Waals surface area (Å²) < 4.78 is 55.1. The summed E-state index contributed by atoms with van der Waals surface area (Å²) in [6.07, 6.45) is 0.756. The second-order valence-electron chi connectivity index (χ2n) is 8.15. The van der Waals surface area contributed by atoms with Crippen LogP contribution in [0.1, 0.15) is 29.5 Å². The summed E-state index contributed by atoms with van der Waals surface area (Å²) in [5.74, 6) is -2.60. The molecule has 0 spiro atoms. The van der Waals surface area contributed by atoms with E-state index in [1.807, 2.05) is 19.1 Å². The molecule has 2 heterocycles. The molecule has 1 amide bonds. The monoisotopic (exact) mass is 479 g/mol. The van der Waals surface area contributed by atoms with E-state index >= 15 is 0 Å². The third-order valence-corrected chi connectivity index (χ3v) is 8.83. The maximum absolute atomic E-state index is 13.4. The molecular weight excluding hydrogens is 456 g/mol. The second kappa shape index (κ2) is 8.49. The first-order valence-corrected chi connectivity index (χ1v) is 12.5. The van der Waals surface area contributed by atoms with Gasteiger partial charge in [0.2, 0.25) is 15.9 Å². The Labute approximate surface area is 189 Å². The Balaban J connectivity index is 1.44. The van der Waals surface area contributed by atoms with Crippen LogP contribution in [0.4, 0.5) is 13.9 Å². The van der Waals surface area contributed by atoms with Crippen molar-refractivity contribution in [3.63, 3.8) is 0 Å². The predicted molar refractivity (Wildman–Crippen MR) is 120 cm³/mol. The SMILES string of the molecule is Cc1cc(C)c(S(=O)(=O)N2CCC(C(=O)Nc3nc4cc(F)c(F)cc4s3)CC2)c(C)c1. The number of sulfonamides is 1. The first-order valence-electron chi connectivity index (χ1n) is 10.2. The molecule has 1 fully saturated rings. The molecule has 1 aliphatic heterocycles. The number of thiazole rings is 1. The molecule has 170 valence electrons. The highest BCUT2D eigenvalue weighted by Crippen LogP contribution is 2.31. The molecule has 0 saturated carbocycles. The van der Waals surface area contributed by atoms with Crippen molar-refractivity contribution in [1.82, 2.24) is 9.29 Å². The number of fused-ring (bicyclic) bond motifs is 1. The lowest BCUT2D eigenvalue weighted by Gasteiger charge is -2.31. The molecule has 2 aromatic carbocycles. The minimum atomic E-state index is -3.65. The summed E-state index contributed by atoms with van der Waals surface area (Å²) in [6.45, 7) is 6.00. The number of aromatic nitrogens is 1. The van der Waals surface area contributed by atoms with Crippen LogP contribution in [0.25, 0.3) is 10.2 Å². The van der Waals surface area contributed by atoms with Crippen molar-refractivity contribution in [2.24, 2.45) is 5.92 Å². The van der Waals surface area contributed by atoms with Crippen LogP contribution >= 0.6 is 11.3 Å². The Morgan fingerprint density at radius 1 is 1.06 bits per heavy atom. The van der Waals surface area contributed by atoms with Crippen molar-refractivity contribution in [2.45, 2.75) is 38.5 Å². The van der Waals surface area contributed by atoms with E-state index in [4.69, 9.17) is 0 Å². The number of hydrogen-bond acceptors (Lipinski definition) is 5. The van der Waals surface area contributed by atoms with Gasteiger partial charge in [0.15, 0.2) is 16.8 Å². The van der Waals surface area contributed by atoms with Crippen molar-refractivity contribution in [3.05, 3.63) is 52.6 Å². The van der Waals surface area contributed by atoms with Gasteiger partial charge < -0.3 is 5.32 Å². The van der Waals surface area contributed by atoms with Crippen LogP contribution in [0.5, 0.6) is 0 Å². The number of nitrogens with zero attached hydrogens (tertiary/aromatic N) is 2. The van der Waals surface area contributed by atoms with Crippen LogP contribution < -0.4 is 5.32 Å². The van der Waals surface area contributed by atoms with E-state index in [1.54, 1.807) is 13.8 Å². The lowest BCUT2D eigenvalue weighted by Crippen LogP contribution is -2.41. The smallest absolute Gasteiger partial charge is 0.243 e. The molecule has 1 aliphatic rings. The number of benzene rings is 2. The number of carbonyl (C=O) groups excluding carboxylic acids is 1. The van der Waals surface area contributed by atoms with Gasteiger partial charge in [0.05, 0.1) is 15.1 Å². The maximum Gasteiger partial charge on any atom is 0.243 e. The van der Waals surface area contributed by atoms with Crippen LogP contribution in [-0.2, 0) is 14.8 Å². The van der Waals surface area contributed by atoms with E-state index in [0.29, 0.717) is 33.6 Å². The normalized spacial score (nSPS) is 15.9. The van der Waals surface area contributed by atoms with Crippen LogP contribution in [0.3, 0.4) is 0 Å². The van der Waals surface area contributed by atoms with Crippen molar-refractivity contribution in [1.29, 1.82) is 0 Å². The molecule has 10 heteroatoms. The van der Waals surface area contributed by atoms with Crippen LogP contribution in [0, 0.1) is 38.3 Å². The molecule has 1 N–H and O–H groups in total. The minimum Gasteiger partial charge on any atom is -0.302 e. The van der Waals surface area contributed by atoms with E-state index < -0.39 is 21.7 Å². The topological polar surface area (TPSA) is 79.4 Å². The summed E-state index contributed by atoms with van der Waals surface area (Å²) in [7, 11) is -3.65. The summed E-state index contributed by atoms with van der Waals surface area (Å²) in [6, 6.07) is 5.76. The molecule has 6 nitrogen and oxygen atoms in total. The molecule has 32 heavy (non-hydrogen) atoms. The Morgan fingerprint density at radius 3 is 2.28 bits per heavy atom. The van der Waals surface area contributed by atoms with Gasteiger partial charge in [-0.25, -0.2) is 22.2 Å². The summed E-state index contributed by atoms with van der Waals surface area (Å²) in [5.41, 5.74) is 2.71. The van der Waals surface area contributed by atoms with Crippen molar-refractivity contribution in [2.75, 3.05) is 18.4 Å². The molecule has 0 atom stereocenters. The average molecular weight is 480 g/mol. The molecule has 0 bridgehead atoms. The summed E-state index contributed by atoms with van der Waals surface area (Å²) in [5, 5.41) is 2.97. The Bertz CT molecular complexity index is 1250. The quantitative estimate of drug-likeness (QED) is 0.596. The Morgan fingerprint density at radius 2 is 1.66 bits per heavy atom. The van der Waals surface area contributed by atoms with E-state index in [9.17, 15) is 22.0 Å². The fourth-order valence-corrected chi connectivity index (χ4v) is 7.00. The molecule has 0 radical (unpaired) electrons. The zero-order valence-electron chi connectivity index (χ0n) is 17.9. The number of anilines is 1. The summed E-state index contributed by atoms with van der Waals surface area (Å²) >= 11 is 1.06. The Kier molecular flexibility index (Phi) is 6.04. The molecule has 1 aromatic heterocycles. The fourth-order valence-electron chi connectivity index (χ4n) is 4.25. The van der Waals surface area contributed by atoms with E-state index in [1.165, 1.54) is 4.31 Å². The maximum atomic E-state index is 13.4. The molecule has 4 rings (SSSR count). The predicted octanol–water partition coefficient (Wildman–Crippen LogP) is 4.54. The van der Waals surface area contributed by atoms with Gasteiger partial charge in [0.1, 0.15) is 0 Å². The average Bonchev–Trinajstić information content (AvgIpc) is 3.08. The third-order valence-electron chi connectivity index (χ3n) is 5.69. The number of amides is 1. The minimum absolute atomic E-state index is 0.240. The van der Waals surface area contributed by atoms with Crippen LogP contribution in [-0.4, -0.2) is 36.7 Å². The van der Waals surface area contributed by atoms with Crippen LogP contribution in [0.15, 0.2) is 29.2 Å². The highest BCUT2D eigenvalue weighted by atomic mass is 32.2. The van der Waals surface area contributed by atoms with Gasteiger partial charge in [-0.3, -0.25) is 4.79 Å². The van der Waals surface area contributed by atoms with E-state index in [-0.39, 0.29) is 35.6 Å². The van der Waals surface area contributed by atoms with Crippen LogP contribution in [0.2, 0.25) is 0 Å². The largest absolute Gasteiger partial charge is 0.302 e. The molecule has 0 unspecified atom stereocenters. The number of rotatable bonds is 4. The Hall–Kier alpha value is -2.43.